The monoisotopic (exact) mass is 517 g/mol. The van der Waals surface area contributed by atoms with Crippen LogP contribution in [0.15, 0.2) is 46.6 Å². The van der Waals surface area contributed by atoms with Gasteiger partial charge < -0.3 is 24.8 Å². The first kappa shape index (κ1) is 24.1. The summed E-state index contributed by atoms with van der Waals surface area (Å²) < 4.78 is 17.1. The third-order valence-electron chi connectivity index (χ3n) is 4.58. The maximum atomic E-state index is 12.8. The molecule has 3 rings (SSSR count). The van der Waals surface area contributed by atoms with Gasteiger partial charge in [0.25, 0.3) is 5.91 Å². The molecular formula is C23H24BrN3O6. The lowest BCUT2D eigenvalue weighted by molar-refractivity contribution is -0.127. The van der Waals surface area contributed by atoms with Crippen molar-refractivity contribution in [2.24, 2.45) is 0 Å². The van der Waals surface area contributed by atoms with E-state index in [4.69, 9.17) is 14.2 Å². The molecule has 33 heavy (non-hydrogen) atoms. The van der Waals surface area contributed by atoms with Crippen LogP contribution >= 0.6 is 15.9 Å². The number of rotatable bonds is 9. The van der Waals surface area contributed by atoms with E-state index < -0.39 is 24.4 Å². The molecule has 1 heterocycles. The standard InChI is InChI=1S/C23H24BrN3O6/c1-4-32-19-12-14(10-15(24)21(19)33-5-2)11-17-22(29)27(23(30)26-17)13-20(28)25-16-8-6-7-9-18(16)31-3/h6-12H,4-5,13H2,1-3H3,(H,25,28)(H,26,30)/b17-11+. The molecule has 0 aliphatic carbocycles. The van der Waals surface area contributed by atoms with Crippen molar-refractivity contribution >= 4 is 45.5 Å². The highest BCUT2D eigenvalue weighted by Crippen LogP contribution is 2.37. The van der Waals surface area contributed by atoms with Crippen LogP contribution in [0.2, 0.25) is 0 Å². The number of methoxy groups -OCH3 is 1. The van der Waals surface area contributed by atoms with Gasteiger partial charge >= 0.3 is 6.03 Å². The number of carbonyl (C=O) groups is 3. The number of ether oxygens (including phenoxy) is 3. The Hall–Kier alpha value is -3.53. The van der Waals surface area contributed by atoms with Crippen molar-refractivity contribution in [3.05, 3.63) is 52.1 Å². The van der Waals surface area contributed by atoms with Gasteiger partial charge in [-0.15, -0.1) is 0 Å². The average Bonchev–Trinajstić information content (AvgIpc) is 3.04. The van der Waals surface area contributed by atoms with E-state index in [2.05, 4.69) is 26.6 Å². The largest absolute Gasteiger partial charge is 0.495 e. The Kier molecular flexibility index (Phi) is 7.94. The molecule has 4 amide bonds. The number of carbonyl (C=O) groups excluding carboxylic acids is 3. The van der Waals surface area contributed by atoms with Crippen LogP contribution in [0.1, 0.15) is 19.4 Å². The van der Waals surface area contributed by atoms with E-state index in [1.807, 2.05) is 13.8 Å². The molecule has 1 fully saturated rings. The molecule has 0 aromatic heterocycles. The number of nitrogens with zero attached hydrogens (tertiary/aromatic N) is 1. The Bertz CT molecular complexity index is 1100. The van der Waals surface area contributed by atoms with Gasteiger partial charge in [-0.05, 0) is 65.7 Å². The molecule has 0 atom stereocenters. The summed E-state index contributed by atoms with van der Waals surface area (Å²) in [6, 6.07) is 9.62. The van der Waals surface area contributed by atoms with Crippen LogP contribution in [-0.4, -0.2) is 49.6 Å². The molecule has 1 aliphatic heterocycles. The highest BCUT2D eigenvalue weighted by molar-refractivity contribution is 9.10. The molecule has 2 aromatic rings. The maximum absolute atomic E-state index is 12.8. The maximum Gasteiger partial charge on any atom is 0.329 e. The molecular weight excluding hydrogens is 494 g/mol. The van der Waals surface area contributed by atoms with Crippen LogP contribution in [0.4, 0.5) is 10.5 Å². The van der Waals surface area contributed by atoms with Crippen molar-refractivity contribution in [2.75, 3.05) is 32.2 Å². The van der Waals surface area contributed by atoms with Gasteiger partial charge in [0.15, 0.2) is 11.5 Å². The van der Waals surface area contributed by atoms with Gasteiger partial charge in [-0.3, -0.25) is 9.59 Å². The number of para-hydroxylation sites is 2. The van der Waals surface area contributed by atoms with Crippen LogP contribution in [0.5, 0.6) is 17.2 Å². The minimum Gasteiger partial charge on any atom is -0.495 e. The van der Waals surface area contributed by atoms with Crippen molar-refractivity contribution in [3.8, 4) is 17.2 Å². The highest BCUT2D eigenvalue weighted by Gasteiger charge is 2.35. The summed E-state index contributed by atoms with van der Waals surface area (Å²) in [4.78, 5) is 38.5. The van der Waals surface area contributed by atoms with Crippen LogP contribution in [0.3, 0.4) is 0 Å². The number of nitrogens with one attached hydrogen (secondary N) is 2. The molecule has 174 valence electrons. The molecule has 0 bridgehead atoms. The first-order valence-corrected chi connectivity index (χ1v) is 11.0. The summed E-state index contributed by atoms with van der Waals surface area (Å²) in [5, 5.41) is 5.16. The summed E-state index contributed by atoms with van der Waals surface area (Å²) in [7, 11) is 1.48. The molecule has 9 nitrogen and oxygen atoms in total. The summed E-state index contributed by atoms with van der Waals surface area (Å²) >= 11 is 3.45. The van der Waals surface area contributed by atoms with Crippen molar-refractivity contribution in [3.63, 3.8) is 0 Å². The predicted molar refractivity (Wildman–Crippen MR) is 126 cm³/mol. The summed E-state index contributed by atoms with van der Waals surface area (Å²) in [5.41, 5.74) is 1.09. The van der Waals surface area contributed by atoms with Crippen molar-refractivity contribution < 1.29 is 28.6 Å². The molecule has 0 radical (unpaired) electrons. The van der Waals surface area contributed by atoms with E-state index in [0.717, 1.165) is 4.90 Å². The Labute approximate surface area is 199 Å². The van der Waals surface area contributed by atoms with Crippen molar-refractivity contribution in [1.82, 2.24) is 10.2 Å². The van der Waals surface area contributed by atoms with E-state index in [1.165, 1.54) is 13.2 Å². The summed E-state index contributed by atoms with van der Waals surface area (Å²) in [5.74, 6) is 0.378. The first-order valence-electron chi connectivity index (χ1n) is 10.2. The van der Waals surface area contributed by atoms with E-state index in [-0.39, 0.29) is 5.70 Å². The van der Waals surface area contributed by atoms with Crippen molar-refractivity contribution in [1.29, 1.82) is 0 Å². The second kappa shape index (κ2) is 10.9. The lowest BCUT2D eigenvalue weighted by Gasteiger charge is -2.14. The highest BCUT2D eigenvalue weighted by atomic mass is 79.9. The fourth-order valence-electron chi connectivity index (χ4n) is 3.18. The zero-order valence-electron chi connectivity index (χ0n) is 18.4. The third-order valence-corrected chi connectivity index (χ3v) is 5.17. The molecule has 0 unspecified atom stereocenters. The van der Waals surface area contributed by atoms with Crippen LogP contribution in [0.25, 0.3) is 6.08 Å². The third kappa shape index (κ3) is 5.64. The number of imide groups is 1. The Morgan fingerprint density at radius 2 is 1.85 bits per heavy atom. The molecule has 0 spiro atoms. The van der Waals surface area contributed by atoms with Gasteiger partial charge in [0.2, 0.25) is 5.91 Å². The van der Waals surface area contributed by atoms with Crippen molar-refractivity contribution in [2.45, 2.75) is 13.8 Å². The topological polar surface area (TPSA) is 106 Å². The fourth-order valence-corrected chi connectivity index (χ4v) is 3.76. The van der Waals surface area contributed by atoms with Gasteiger partial charge in [-0.25, -0.2) is 9.69 Å². The number of anilines is 1. The lowest BCUT2D eigenvalue weighted by atomic mass is 10.1. The van der Waals surface area contributed by atoms with Crippen LogP contribution < -0.4 is 24.8 Å². The number of amides is 4. The number of halogens is 1. The molecule has 1 aliphatic rings. The Morgan fingerprint density at radius 1 is 1.12 bits per heavy atom. The number of hydrogen-bond acceptors (Lipinski definition) is 6. The van der Waals surface area contributed by atoms with Gasteiger partial charge in [0, 0.05) is 0 Å². The van der Waals surface area contributed by atoms with Gasteiger partial charge in [0.1, 0.15) is 18.0 Å². The molecule has 2 aromatic carbocycles. The normalized spacial score (nSPS) is 14.3. The second-order valence-electron chi connectivity index (χ2n) is 6.82. The smallest absolute Gasteiger partial charge is 0.329 e. The first-order chi connectivity index (χ1) is 15.9. The van der Waals surface area contributed by atoms with E-state index in [0.29, 0.717) is 46.2 Å². The average molecular weight is 518 g/mol. The van der Waals surface area contributed by atoms with Crippen LogP contribution in [0, 0.1) is 0 Å². The molecule has 0 saturated carbocycles. The predicted octanol–water partition coefficient (Wildman–Crippen LogP) is 3.79. The number of hydrogen-bond donors (Lipinski definition) is 2. The minimum atomic E-state index is -0.684. The summed E-state index contributed by atoms with van der Waals surface area (Å²) in [6.07, 6.45) is 1.52. The number of urea groups is 1. The van der Waals surface area contributed by atoms with E-state index in [9.17, 15) is 14.4 Å². The fraction of sp³-hybridized carbons (Fsp3) is 0.261. The zero-order chi connectivity index (χ0) is 24.0. The molecule has 10 heteroatoms. The van der Waals surface area contributed by atoms with Gasteiger partial charge in [-0.2, -0.15) is 0 Å². The molecule has 2 N–H and O–H groups in total. The summed E-state index contributed by atoms with van der Waals surface area (Å²) in [6.45, 7) is 4.15. The molecule has 1 saturated heterocycles. The van der Waals surface area contributed by atoms with E-state index >= 15 is 0 Å². The minimum absolute atomic E-state index is 0.0450. The van der Waals surface area contributed by atoms with Gasteiger partial charge in [-0.1, -0.05) is 12.1 Å². The zero-order valence-corrected chi connectivity index (χ0v) is 20.0. The Morgan fingerprint density at radius 3 is 2.55 bits per heavy atom. The van der Waals surface area contributed by atoms with E-state index in [1.54, 1.807) is 36.4 Å². The lowest BCUT2D eigenvalue weighted by Crippen LogP contribution is -2.38. The van der Waals surface area contributed by atoms with Gasteiger partial charge in [0.05, 0.1) is 30.5 Å². The second-order valence-corrected chi connectivity index (χ2v) is 7.68. The quantitative estimate of drug-likeness (QED) is 0.387. The number of benzene rings is 2. The van der Waals surface area contributed by atoms with Crippen LogP contribution in [-0.2, 0) is 9.59 Å². The Balaban J connectivity index is 1.77. The SMILES string of the molecule is CCOc1cc(/C=C2/NC(=O)N(CC(=O)Nc3ccccc3OC)C2=O)cc(Br)c1OCC.